The largest absolute Gasteiger partial charge is 0.369 e. The smallest absolute Gasteiger partial charge is 0.256 e. The molecule has 0 aliphatic rings. The number of pyridine rings is 1. The fourth-order valence-electron chi connectivity index (χ4n) is 3.28. The fourth-order valence-corrected chi connectivity index (χ4v) is 3.28. The fraction of sp³-hybridized carbons (Fsp3) is 0.269. The second-order valence-corrected chi connectivity index (χ2v) is 7.76. The molecule has 3 N–H and O–H groups in total. The molecule has 0 saturated heterocycles. The molecule has 0 aliphatic carbocycles. The molecule has 0 saturated carbocycles. The number of rotatable bonds is 13. The number of anilines is 2. The Hall–Kier alpha value is -4.07. The van der Waals surface area contributed by atoms with E-state index in [1.165, 1.54) is 17.8 Å². The SMILES string of the molecule is C=CC(=O)Cc1cccc(CNC(=O)c2cnc(NCCc3ccncc3)nc2NCCC)c1. The number of amides is 1. The molecule has 3 rings (SSSR count). The van der Waals surface area contributed by atoms with Gasteiger partial charge in [0.1, 0.15) is 11.4 Å². The lowest BCUT2D eigenvalue weighted by Gasteiger charge is -2.13. The summed E-state index contributed by atoms with van der Waals surface area (Å²) in [6.07, 6.45) is 8.38. The molecular formula is C26H30N6O2. The highest BCUT2D eigenvalue weighted by Gasteiger charge is 2.15. The molecule has 3 aromatic rings. The van der Waals surface area contributed by atoms with Gasteiger partial charge in [0.25, 0.3) is 5.91 Å². The van der Waals surface area contributed by atoms with E-state index in [0.717, 1.165) is 24.0 Å². The molecular weight excluding hydrogens is 428 g/mol. The molecule has 2 aromatic heterocycles. The Kier molecular flexibility index (Phi) is 9.28. The topological polar surface area (TPSA) is 109 Å². The first-order chi connectivity index (χ1) is 16.6. The van der Waals surface area contributed by atoms with Crippen LogP contribution in [0.2, 0.25) is 0 Å². The average Bonchev–Trinajstić information content (AvgIpc) is 2.87. The van der Waals surface area contributed by atoms with E-state index >= 15 is 0 Å². The molecule has 34 heavy (non-hydrogen) atoms. The third-order valence-electron chi connectivity index (χ3n) is 5.07. The molecule has 0 fully saturated rings. The maximum absolute atomic E-state index is 12.9. The number of hydrogen-bond acceptors (Lipinski definition) is 7. The van der Waals surface area contributed by atoms with Gasteiger partial charge in [-0.15, -0.1) is 0 Å². The van der Waals surface area contributed by atoms with Gasteiger partial charge in [-0.3, -0.25) is 14.6 Å². The lowest BCUT2D eigenvalue weighted by molar-refractivity contribution is -0.114. The Morgan fingerprint density at radius 1 is 1.03 bits per heavy atom. The van der Waals surface area contributed by atoms with E-state index in [1.807, 2.05) is 43.3 Å². The summed E-state index contributed by atoms with van der Waals surface area (Å²) in [5, 5.41) is 9.35. The predicted octanol–water partition coefficient (Wildman–Crippen LogP) is 3.58. The van der Waals surface area contributed by atoms with E-state index in [1.54, 1.807) is 12.4 Å². The van der Waals surface area contributed by atoms with Crippen LogP contribution >= 0.6 is 0 Å². The zero-order valence-corrected chi connectivity index (χ0v) is 19.4. The van der Waals surface area contributed by atoms with Crippen LogP contribution in [0.5, 0.6) is 0 Å². The number of hydrogen-bond donors (Lipinski definition) is 3. The summed E-state index contributed by atoms with van der Waals surface area (Å²) >= 11 is 0. The van der Waals surface area contributed by atoms with E-state index in [9.17, 15) is 9.59 Å². The van der Waals surface area contributed by atoms with Gasteiger partial charge in [-0.05, 0) is 47.7 Å². The van der Waals surface area contributed by atoms with E-state index < -0.39 is 0 Å². The number of aromatic nitrogens is 3. The molecule has 0 spiro atoms. The number of benzene rings is 1. The number of carbonyl (C=O) groups is 2. The minimum atomic E-state index is -0.269. The maximum Gasteiger partial charge on any atom is 0.256 e. The molecule has 1 aromatic carbocycles. The third-order valence-corrected chi connectivity index (χ3v) is 5.07. The standard InChI is InChI=1S/C26H30N6O2/c1-3-11-28-24-23(18-31-26(32-24)29-14-10-19-8-12-27-13-9-19)25(34)30-17-21-7-5-6-20(15-21)16-22(33)4-2/h4-9,12-13,15,18H,2-3,10-11,14,16-17H2,1H3,(H,30,34)(H2,28,29,31,32). The molecule has 0 radical (unpaired) electrons. The molecule has 8 nitrogen and oxygen atoms in total. The lowest BCUT2D eigenvalue weighted by Crippen LogP contribution is -2.25. The van der Waals surface area contributed by atoms with Gasteiger partial charge in [0.2, 0.25) is 5.95 Å². The van der Waals surface area contributed by atoms with Crippen LogP contribution in [0, 0.1) is 0 Å². The molecule has 1 amide bonds. The highest BCUT2D eigenvalue weighted by atomic mass is 16.1. The highest BCUT2D eigenvalue weighted by molar-refractivity contribution is 5.98. The van der Waals surface area contributed by atoms with Gasteiger partial charge in [0, 0.05) is 44.6 Å². The second-order valence-electron chi connectivity index (χ2n) is 7.76. The average molecular weight is 459 g/mol. The zero-order chi connectivity index (χ0) is 24.2. The van der Waals surface area contributed by atoms with E-state index in [0.29, 0.717) is 43.4 Å². The predicted molar refractivity (Wildman–Crippen MR) is 134 cm³/mol. The first-order valence-electron chi connectivity index (χ1n) is 11.3. The summed E-state index contributed by atoms with van der Waals surface area (Å²) in [6, 6.07) is 11.5. The van der Waals surface area contributed by atoms with Crippen molar-refractivity contribution >= 4 is 23.5 Å². The third kappa shape index (κ3) is 7.51. The van der Waals surface area contributed by atoms with E-state index in [4.69, 9.17) is 0 Å². The summed E-state index contributed by atoms with van der Waals surface area (Å²) < 4.78 is 0. The van der Waals surface area contributed by atoms with Crippen LogP contribution in [-0.2, 0) is 24.2 Å². The van der Waals surface area contributed by atoms with Crippen molar-refractivity contribution in [2.45, 2.75) is 32.7 Å². The van der Waals surface area contributed by atoms with Gasteiger partial charge in [-0.2, -0.15) is 4.98 Å². The van der Waals surface area contributed by atoms with Crippen LogP contribution in [0.1, 0.15) is 40.4 Å². The van der Waals surface area contributed by atoms with Crippen LogP contribution in [0.15, 0.2) is 67.6 Å². The zero-order valence-electron chi connectivity index (χ0n) is 19.4. The normalized spacial score (nSPS) is 10.4. The lowest BCUT2D eigenvalue weighted by atomic mass is 10.1. The number of nitrogens with zero attached hydrogens (tertiary/aromatic N) is 3. The monoisotopic (exact) mass is 458 g/mol. The highest BCUT2D eigenvalue weighted by Crippen LogP contribution is 2.15. The summed E-state index contributed by atoms with van der Waals surface area (Å²) in [6.45, 7) is 7.23. The summed E-state index contributed by atoms with van der Waals surface area (Å²) in [5.74, 6) is 0.642. The van der Waals surface area contributed by atoms with Gasteiger partial charge in [0.15, 0.2) is 5.78 Å². The van der Waals surface area contributed by atoms with Gasteiger partial charge < -0.3 is 16.0 Å². The molecule has 0 atom stereocenters. The number of carbonyl (C=O) groups excluding carboxylic acids is 2. The maximum atomic E-state index is 12.9. The Bertz CT molecular complexity index is 1120. The van der Waals surface area contributed by atoms with Crippen molar-refractivity contribution < 1.29 is 9.59 Å². The van der Waals surface area contributed by atoms with Crippen molar-refractivity contribution in [3.05, 3.63) is 89.9 Å². The van der Waals surface area contributed by atoms with Crippen LogP contribution in [0.25, 0.3) is 0 Å². The van der Waals surface area contributed by atoms with Crippen molar-refractivity contribution in [1.82, 2.24) is 20.3 Å². The summed E-state index contributed by atoms with van der Waals surface area (Å²) in [4.78, 5) is 37.4. The minimum Gasteiger partial charge on any atom is -0.369 e. The first kappa shape index (κ1) is 24.6. The quantitative estimate of drug-likeness (QED) is 0.336. The number of nitrogens with one attached hydrogen (secondary N) is 3. The Balaban J connectivity index is 1.63. The molecule has 176 valence electrons. The van der Waals surface area contributed by atoms with Crippen LogP contribution in [0.4, 0.5) is 11.8 Å². The number of allylic oxidation sites excluding steroid dienone is 1. The summed E-state index contributed by atoms with van der Waals surface area (Å²) in [5.41, 5.74) is 3.33. The Labute approximate surface area is 200 Å². The Morgan fingerprint density at radius 3 is 2.59 bits per heavy atom. The molecule has 0 bridgehead atoms. The van der Waals surface area contributed by atoms with Gasteiger partial charge in [-0.25, -0.2) is 4.98 Å². The Morgan fingerprint density at radius 2 is 1.82 bits per heavy atom. The molecule has 0 unspecified atom stereocenters. The molecule has 0 aliphatic heterocycles. The van der Waals surface area contributed by atoms with Gasteiger partial charge in [-0.1, -0.05) is 37.8 Å². The van der Waals surface area contributed by atoms with Crippen molar-refractivity contribution in [2.75, 3.05) is 23.7 Å². The van der Waals surface area contributed by atoms with Crippen LogP contribution in [-0.4, -0.2) is 39.7 Å². The van der Waals surface area contributed by atoms with Gasteiger partial charge >= 0.3 is 0 Å². The summed E-state index contributed by atoms with van der Waals surface area (Å²) in [7, 11) is 0. The van der Waals surface area contributed by atoms with E-state index in [2.05, 4.69) is 37.5 Å². The van der Waals surface area contributed by atoms with Crippen LogP contribution < -0.4 is 16.0 Å². The first-order valence-corrected chi connectivity index (χ1v) is 11.3. The second kappa shape index (κ2) is 12.8. The number of ketones is 1. The van der Waals surface area contributed by atoms with Crippen LogP contribution in [0.3, 0.4) is 0 Å². The molecule has 2 heterocycles. The molecule has 8 heteroatoms. The van der Waals surface area contributed by atoms with Crippen molar-refractivity contribution in [3.63, 3.8) is 0 Å². The van der Waals surface area contributed by atoms with Crippen molar-refractivity contribution in [1.29, 1.82) is 0 Å². The van der Waals surface area contributed by atoms with E-state index in [-0.39, 0.29) is 11.7 Å². The van der Waals surface area contributed by atoms with Crippen molar-refractivity contribution in [3.8, 4) is 0 Å². The minimum absolute atomic E-state index is 0.0422. The van der Waals surface area contributed by atoms with Crippen molar-refractivity contribution in [2.24, 2.45) is 0 Å². The van der Waals surface area contributed by atoms with Gasteiger partial charge in [0.05, 0.1) is 0 Å².